The number of anilines is 1. The normalized spacial score (nSPS) is 10.7. The van der Waals surface area contributed by atoms with E-state index in [0.29, 0.717) is 5.13 Å². The lowest BCUT2D eigenvalue weighted by atomic mass is 10.1. The second-order valence-corrected chi connectivity index (χ2v) is 6.90. The van der Waals surface area contributed by atoms with E-state index in [1.165, 1.54) is 34.4 Å². The zero-order chi connectivity index (χ0) is 21.5. The van der Waals surface area contributed by atoms with Gasteiger partial charge in [-0.05, 0) is 25.1 Å². The smallest absolute Gasteiger partial charge is 0.387 e. The van der Waals surface area contributed by atoms with Gasteiger partial charge in [-0.25, -0.2) is 4.98 Å². The summed E-state index contributed by atoms with van der Waals surface area (Å²) < 4.78 is 35.1. The molecule has 0 saturated heterocycles. The number of alkyl halides is 2. The topological polar surface area (TPSA) is 51.7 Å². The van der Waals surface area contributed by atoms with Gasteiger partial charge in [-0.3, -0.25) is 9.69 Å². The molecule has 0 spiro atoms. The summed E-state index contributed by atoms with van der Waals surface area (Å²) in [4.78, 5) is 19.2. The number of hydrogen-bond acceptors (Lipinski definition) is 5. The summed E-state index contributed by atoms with van der Waals surface area (Å²) in [6.07, 6.45) is 1.60. The summed E-state index contributed by atoms with van der Waals surface area (Å²) in [6, 6.07) is 13.7. The molecular weight excluding hydrogens is 410 g/mol. The lowest BCUT2D eigenvalue weighted by Gasteiger charge is -2.19. The Balaban J connectivity index is 1.91. The van der Waals surface area contributed by atoms with Crippen LogP contribution in [-0.4, -0.2) is 30.7 Å². The van der Waals surface area contributed by atoms with Crippen molar-refractivity contribution in [1.29, 1.82) is 0 Å². The summed E-state index contributed by atoms with van der Waals surface area (Å²) in [7, 11) is 0. The maximum atomic E-state index is 13.2. The summed E-state index contributed by atoms with van der Waals surface area (Å²) in [5.41, 5.74) is 1.96. The van der Waals surface area contributed by atoms with E-state index in [0.717, 1.165) is 11.3 Å². The maximum Gasteiger partial charge on any atom is 0.387 e. The minimum absolute atomic E-state index is 0.0753. The quantitative estimate of drug-likeness (QED) is 0.412. The molecule has 1 heterocycles. The fourth-order valence-corrected chi connectivity index (χ4v) is 3.61. The maximum absolute atomic E-state index is 13.2. The summed E-state index contributed by atoms with van der Waals surface area (Å²) in [5, 5.41) is 2.38. The number of carbonyl (C=O) groups excluding carboxylic acids is 1. The van der Waals surface area contributed by atoms with Gasteiger partial charge in [0, 0.05) is 23.1 Å². The molecule has 5 nitrogen and oxygen atoms in total. The van der Waals surface area contributed by atoms with Crippen LogP contribution in [-0.2, 0) is 0 Å². The van der Waals surface area contributed by atoms with Gasteiger partial charge >= 0.3 is 6.61 Å². The summed E-state index contributed by atoms with van der Waals surface area (Å²) >= 11 is 1.33. The molecule has 1 aromatic heterocycles. The highest BCUT2D eigenvalue weighted by atomic mass is 32.1. The lowest BCUT2D eigenvalue weighted by molar-refractivity contribution is -0.0514. The molecule has 1 amide bonds. The molecule has 156 valence electrons. The predicted molar refractivity (Wildman–Crippen MR) is 114 cm³/mol. The van der Waals surface area contributed by atoms with Crippen LogP contribution in [0.1, 0.15) is 17.3 Å². The molecule has 0 atom stereocenters. The first-order chi connectivity index (χ1) is 14.5. The Morgan fingerprint density at radius 2 is 2.00 bits per heavy atom. The van der Waals surface area contributed by atoms with Crippen molar-refractivity contribution in [2.45, 2.75) is 13.5 Å². The molecule has 3 rings (SSSR count). The van der Waals surface area contributed by atoms with Crippen LogP contribution in [0.2, 0.25) is 0 Å². The Labute approximate surface area is 177 Å². The van der Waals surface area contributed by atoms with E-state index in [9.17, 15) is 13.6 Å². The fraction of sp³-hybridized carbons (Fsp3) is 0.182. The molecule has 0 saturated carbocycles. The predicted octanol–water partition coefficient (Wildman–Crippen LogP) is 5.64. The van der Waals surface area contributed by atoms with Crippen LogP contribution < -0.4 is 14.4 Å². The molecule has 8 heteroatoms. The van der Waals surface area contributed by atoms with Gasteiger partial charge < -0.3 is 9.47 Å². The standard InChI is InChI=1S/C22H20F2N2O3S/c1-3-12-26(22-25-17(14-30-22)15-8-6-5-7-9-15)20(27)16-10-11-18(29-21(23)24)19(13-16)28-4-2/h3,5-11,13-14,21H,1,4,12H2,2H3. The first kappa shape index (κ1) is 21.4. The number of halogens is 2. The Bertz CT molecular complexity index is 1010. The molecule has 0 aliphatic heterocycles. The van der Waals surface area contributed by atoms with Crippen molar-refractivity contribution in [3.8, 4) is 22.8 Å². The third-order valence-electron chi connectivity index (χ3n) is 4.06. The van der Waals surface area contributed by atoms with Gasteiger partial charge in [-0.2, -0.15) is 8.78 Å². The number of ether oxygens (including phenoxy) is 2. The highest BCUT2D eigenvalue weighted by Crippen LogP contribution is 2.32. The minimum Gasteiger partial charge on any atom is -0.490 e. The SMILES string of the molecule is C=CCN(C(=O)c1ccc(OC(F)F)c(OCC)c1)c1nc(-c2ccccc2)cs1. The number of thiazole rings is 1. The Morgan fingerprint density at radius 1 is 1.23 bits per heavy atom. The zero-order valence-corrected chi connectivity index (χ0v) is 17.1. The van der Waals surface area contributed by atoms with E-state index in [1.54, 1.807) is 13.0 Å². The Kier molecular flexibility index (Phi) is 7.13. The van der Waals surface area contributed by atoms with E-state index in [1.807, 2.05) is 35.7 Å². The van der Waals surface area contributed by atoms with Crippen molar-refractivity contribution in [3.05, 3.63) is 72.1 Å². The molecule has 0 radical (unpaired) electrons. The minimum atomic E-state index is -2.99. The number of carbonyl (C=O) groups is 1. The van der Waals surface area contributed by atoms with E-state index in [2.05, 4.69) is 16.3 Å². The molecule has 0 aliphatic rings. The second-order valence-electron chi connectivity index (χ2n) is 6.06. The van der Waals surface area contributed by atoms with Crippen LogP contribution in [0.3, 0.4) is 0 Å². The number of aromatic nitrogens is 1. The van der Waals surface area contributed by atoms with Crippen molar-refractivity contribution >= 4 is 22.4 Å². The lowest BCUT2D eigenvalue weighted by Crippen LogP contribution is -2.31. The highest BCUT2D eigenvalue weighted by molar-refractivity contribution is 7.14. The van der Waals surface area contributed by atoms with Crippen molar-refractivity contribution in [1.82, 2.24) is 4.98 Å². The van der Waals surface area contributed by atoms with E-state index < -0.39 is 6.61 Å². The van der Waals surface area contributed by atoms with E-state index >= 15 is 0 Å². The Hall–Kier alpha value is -3.26. The Morgan fingerprint density at radius 3 is 2.67 bits per heavy atom. The van der Waals surface area contributed by atoms with E-state index in [-0.39, 0.29) is 36.1 Å². The number of benzene rings is 2. The molecule has 3 aromatic rings. The van der Waals surface area contributed by atoms with Crippen LogP contribution in [0.4, 0.5) is 13.9 Å². The monoisotopic (exact) mass is 430 g/mol. The average molecular weight is 430 g/mol. The first-order valence-corrected chi connectivity index (χ1v) is 10.1. The molecule has 2 aromatic carbocycles. The molecule has 30 heavy (non-hydrogen) atoms. The average Bonchev–Trinajstić information content (AvgIpc) is 3.23. The zero-order valence-electron chi connectivity index (χ0n) is 16.3. The number of nitrogens with zero attached hydrogens (tertiary/aromatic N) is 2. The van der Waals surface area contributed by atoms with Gasteiger partial charge in [0.1, 0.15) is 0 Å². The second kappa shape index (κ2) is 9.98. The molecule has 0 aliphatic carbocycles. The molecule has 0 unspecified atom stereocenters. The fourth-order valence-electron chi connectivity index (χ4n) is 2.77. The van der Waals surface area contributed by atoms with Gasteiger partial charge in [0.25, 0.3) is 5.91 Å². The van der Waals surface area contributed by atoms with Gasteiger partial charge in [-0.15, -0.1) is 17.9 Å². The van der Waals surface area contributed by atoms with Crippen LogP contribution in [0, 0.1) is 0 Å². The summed E-state index contributed by atoms with van der Waals surface area (Å²) in [5.74, 6) is -0.404. The molecule has 0 N–H and O–H groups in total. The largest absolute Gasteiger partial charge is 0.490 e. The van der Waals surface area contributed by atoms with E-state index in [4.69, 9.17) is 4.74 Å². The number of hydrogen-bond donors (Lipinski definition) is 0. The van der Waals surface area contributed by atoms with Crippen LogP contribution in [0.5, 0.6) is 11.5 Å². The molecule has 0 fully saturated rings. The number of amides is 1. The molecule has 0 bridgehead atoms. The van der Waals surface area contributed by atoms with Crippen molar-refractivity contribution in [2.75, 3.05) is 18.1 Å². The van der Waals surface area contributed by atoms with Gasteiger partial charge in [0.15, 0.2) is 16.6 Å². The summed E-state index contributed by atoms with van der Waals surface area (Å²) in [6.45, 7) is 2.91. The van der Waals surface area contributed by atoms with Crippen LogP contribution in [0.25, 0.3) is 11.3 Å². The third kappa shape index (κ3) is 5.01. The van der Waals surface area contributed by atoms with Crippen LogP contribution >= 0.6 is 11.3 Å². The van der Waals surface area contributed by atoms with Gasteiger partial charge in [0.05, 0.1) is 12.3 Å². The van der Waals surface area contributed by atoms with Crippen molar-refractivity contribution < 1.29 is 23.0 Å². The molecular formula is C22H20F2N2O3S. The van der Waals surface area contributed by atoms with Crippen molar-refractivity contribution in [2.24, 2.45) is 0 Å². The van der Waals surface area contributed by atoms with Gasteiger partial charge in [0.2, 0.25) is 0 Å². The van der Waals surface area contributed by atoms with Gasteiger partial charge in [-0.1, -0.05) is 36.4 Å². The number of rotatable bonds is 9. The first-order valence-electron chi connectivity index (χ1n) is 9.18. The third-order valence-corrected chi connectivity index (χ3v) is 4.92. The van der Waals surface area contributed by atoms with Crippen molar-refractivity contribution in [3.63, 3.8) is 0 Å². The highest BCUT2D eigenvalue weighted by Gasteiger charge is 2.22. The van der Waals surface area contributed by atoms with Crippen LogP contribution in [0.15, 0.2) is 66.6 Å².